The molecule has 17 heavy (non-hydrogen) atoms. The van der Waals surface area contributed by atoms with Crippen molar-refractivity contribution in [3.8, 4) is 5.75 Å². The molecule has 0 heterocycles. The van der Waals surface area contributed by atoms with Gasteiger partial charge < -0.3 is 10.4 Å². The summed E-state index contributed by atoms with van der Waals surface area (Å²) < 4.78 is 22.0. The lowest BCUT2D eigenvalue weighted by Gasteiger charge is -2.12. The number of hydrogen-bond donors (Lipinski definition) is 2. The highest BCUT2D eigenvalue weighted by Gasteiger charge is 2.14. The van der Waals surface area contributed by atoms with E-state index in [2.05, 4.69) is 5.32 Å². The van der Waals surface area contributed by atoms with Crippen molar-refractivity contribution in [2.75, 3.05) is 12.0 Å². The Morgan fingerprint density at radius 1 is 1.35 bits per heavy atom. The monoisotopic (exact) mass is 257 g/mol. The molecule has 1 aromatic carbocycles. The van der Waals surface area contributed by atoms with Crippen LogP contribution in [0.4, 0.5) is 0 Å². The standard InChI is InChI=1S/C11H15NO4S/c1-8(7-17(2,15)16)12-11(14)9-3-5-10(13)6-4-9/h3-6,8,13H,7H2,1-2H3,(H,12,14). The molecule has 6 heteroatoms. The van der Waals surface area contributed by atoms with E-state index in [1.165, 1.54) is 24.3 Å². The van der Waals surface area contributed by atoms with E-state index in [9.17, 15) is 13.2 Å². The number of nitrogens with one attached hydrogen (secondary N) is 1. The number of phenolic OH excluding ortho intramolecular Hbond substituents is 1. The van der Waals surface area contributed by atoms with Crippen LogP contribution >= 0.6 is 0 Å². The van der Waals surface area contributed by atoms with Crippen molar-refractivity contribution < 1.29 is 18.3 Å². The zero-order valence-electron chi connectivity index (χ0n) is 9.67. The minimum atomic E-state index is -3.11. The molecule has 1 rings (SSSR count). The zero-order valence-corrected chi connectivity index (χ0v) is 10.5. The fourth-order valence-electron chi connectivity index (χ4n) is 1.42. The average molecular weight is 257 g/mol. The summed E-state index contributed by atoms with van der Waals surface area (Å²) in [6, 6.07) is 5.29. The van der Waals surface area contributed by atoms with Crippen LogP contribution in [0.2, 0.25) is 0 Å². The first-order valence-corrected chi connectivity index (χ1v) is 7.11. The largest absolute Gasteiger partial charge is 0.508 e. The Morgan fingerprint density at radius 2 is 1.88 bits per heavy atom. The van der Waals surface area contributed by atoms with Crippen LogP contribution in [-0.4, -0.2) is 37.5 Å². The Bertz CT molecular complexity index is 493. The minimum Gasteiger partial charge on any atom is -0.508 e. The Morgan fingerprint density at radius 3 is 2.35 bits per heavy atom. The van der Waals surface area contributed by atoms with Gasteiger partial charge in [-0.25, -0.2) is 8.42 Å². The van der Waals surface area contributed by atoms with Gasteiger partial charge in [0.1, 0.15) is 15.6 Å². The summed E-state index contributed by atoms with van der Waals surface area (Å²) in [5.41, 5.74) is 0.378. The molecule has 0 spiro atoms. The number of carbonyl (C=O) groups is 1. The predicted octanol–water partition coefficient (Wildman–Crippen LogP) is 0.555. The van der Waals surface area contributed by atoms with E-state index in [1.54, 1.807) is 6.92 Å². The third kappa shape index (κ3) is 4.86. The lowest BCUT2D eigenvalue weighted by atomic mass is 10.2. The normalized spacial score (nSPS) is 13.1. The van der Waals surface area contributed by atoms with Gasteiger partial charge in [0.2, 0.25) is 0 Å². The van der Waals surface area contributed by atoms with Gasteiger partial charge in [-0.15, -0.1) is 0 Å². The molecule has 1 aromatic rings. The maximum Gasteiger partial charge on any atom is 0.251 e. The van der Waals surface area contributed by atoms with Gasteiger partial charge in [0, 0.05) is 17.9 Å². The topological polar surface area (TPSA) is 83.5 Å². The highest BCUT2D eigenvalue weighted by Crippen LogP contribution is 2.09. The van der Waals surface area contributed by atoms with Gasteiger partial charge in [0.25, 0.3) is 5.91 Å². The van der Waals surface area contributed by atoms with Gasteiger partial charge in [-0.05, 0) is 31.2 Å². The van der Waals surface area contributed by atoms with Gasteiger partial charge in [-0.1, -0.05) is 0 Å². The van der Waals surface area contributed by atoms with Gasteiger partial charge >= 0.3 is 0 Å². The summed E-state index contributed by atoms with van der Waals surface area (Å²) in [5.74, 6) is -0.386. The molecule has 0 radical (unpaired) electrons. The van der Waals surface area contributed by atoms with E-state index in [1.807, 2.05) is 0 Å². The number of hydrogen-bond acceptors (Lipinski definition) is 4. The van der Waals surface area contributed by atoms with Crippen LogP contribution in [0.5, 0.6) is 5.75 Å². The van der Waals surface area contributed by atoms with Crippen molar-refractivity contribution in [1.29, 1.82) is 0 Å². The number of amides is 1. The van der Waals surface area contributed by atoms with Crippen molar-refractivity contribution in [2.24, 2.45) is 0 Å². The van der Waals surface area contributed by atoms with Crippen LogP contribution in [0.15, 0.2) is 24.3 Å². The summed E-state index contributed by atoms with van der Waals surface area (Å²) in [6.07, 6.45) is 1.12. The quantitative estimate of drug-likeness (QED) is 0.825. The van der Waals surface area contributed by atoms with E-state index in [0.29, 0.717) is 5.56 Å². The second-order valence-electron chi connectivity index (χ2n) is 4.01. The Balaban J connectivity index is 2.63. The van der Waals surface area contributed by atoms with Crippen LogP contribution < -0.4 is 5.32 Å². The number of aromatic hydroxyl groups is 1. The van der Waals surface area contributed by atoms with Crippen molar-refractivity contribution in [3.63, 3.8) is 0 Å². The van der Waals surface area contributed by atoms with E-state index in [0.717, 1.165) is 6.26 Å². The van der Waals surface area contributed by atoms with E-state index in [4.69, 9.17) is 5.11 Å². The molecule has 0 aliphatic rings. The van der Waals surface area contributed by atoms with Crippen LogP contribution in [-0.2, 0) is 9.84 Å². The molecular formula is C11H15NO4S. The Kier molecular flexibility index (Phi) is 4.11. The summed E-state index contributed by atoms with van der Waals surface area (Å²) in [5, 5.41) is 11.6. The van der Waals surface area contributed by atoms with Gasteiger partial charge in [-0.3, -0.25) is 4.79 Å². The molecule has 1 amide bonds. The minimum absolute atomic E-state index is 0.0748. The third-order valence-electron chi connectivity index (χ3n) is 2.06. The number of rotatable bonds is 4. The molecule has 0 bridgehead atoms. The molecule has 0 saturated heterocycles. The highest BCUT2D eigenvalue weighted by molar-refractivity contribution is 7.90. The van der Waals surface area contributed by atoms with E-state index < -0.39 is 15.9 Å². The van der Waals surface area contributed by atoms with Crippen LogP contribution in [0.25, 0.3) is 0 Å². The fourth-order valence-corrected chi connectivity index (χ4v) is 2.41. The third-order valence-corrected chi connectivity index (χ3v) is 3.17. The zero-order chi connectivity index (χ0) is 13.1. The van der Waals surface area contributed by atoms with Gasteiger partial charge in [0.15, 0.2) is 0 Å². The molecule has 94 valence electrons. The number of benzene rings is 1. The summed E-state index contributed by atoms with van der Waals surface area (Å²) >= 11 is 0. The lowest BCUT2D eigenvalue weighted by molar-refractivity contribution is 0.0943. The molecular weight excluding hydrogens is 242 g/mol. The summed E-state index contributed by atoms with van der Waals surface area (Å²) in [6.45, 7) is 1.62. The number of sulfone groups is 1. The van der Waals surface area contributed by atoms with Gasteiger partial charge in [-0.2, -0.15) is 0 Å². The first-order valence-electron chi connectivity index (χ1n) is 5.05. The smallest absolute Gasteiger partial charge is 0.251 e. The second-order valence-corrected chi connectivity index (χ2v) is 6.20. The molecule has 1 atom stereocenters. The summed E-state index contributed by atoms with van der Waals surface area (Å²) in [4.78, 5) is 11.7. The van der Waals surface area contributed by atoms with Crippen molar-refractivity contribution in [1.82, 2.24) is 5.32 Å². The Hall–Kier alpha value is -1.56. The van der Waals surface area contributed by atoms with Crippen molar-refractivity contribution in [3.05, 3.63) is 29.8 Å². The Labute approximate surface area is 100 Å². The average Bonchev–Trinajstić information content (AvgIpc) is 2.15. The molecule has 0 fully saturated rings. The van der Waals surface area contributed by atoms with E-state index >= 15 is 0 Å². The first-order chi connectivity index (χ1) is 7.78. The molecule has 0 saturated carbocycles. The maximum absolute atomic E-state index is 11.7. The lowest BCUT2D eigenvalue weighted by Crippen LogP contribution is -2.37. The van der Waals surface area contributed by atoms with Crippen molar-refractivity contribution in [2.45, 2.75) is 13.0 Å². The molecule has 1 unspecified atom stereocenters. The number of carbonyl (C=O) groups excluding carboxylic acids is 1. The fraction of sp³-hybridized carbons (Fsp3) is 0.364. The van der Waals surface area contributed by atoms with Crippen LogP contribution in [0, 0.1) is 0 Å². The predicted molar refractivity (Wildman–Crippen MR) is 64.7 cm³/mol. The molecule has 2 N–H and O–H groups in total. The van der Waals surface area contributed by atoms with Crippen molar-refractivity contribution >= 4 is 15.7 Å². The molecule has 0 aliphatic heterocycles. The first kappa shape index (κ1) is 13.5. The second kappa shape index (κ2) is 5.18. The number of phenols is 1. The summed E-state index contributed by atoms with van der Waals surface area (Å²) in [7, 11) is -3.11. The highest BCUT2D eigenvalue weighted by atomic mass is 32.2. The van der Waals surface area contributed by atoms with E-state index in [-0.39, 0.29) is 17.4 Å². The maximum atomic E-state index is 11.7. The van der Waals surface area contributed by atoms with Crippen LogP contribution in [0.3, 0.4) is 0 Å². The molecule has 0 aliphatic carbocycles. The SMILES string of the molecule is CC(CS(C)(=O)=O)NC(=O)c1ccc(O)cc1. The molecule has 0 aromatic heterocycles. The molecule has 5 nitrogen and oxygen atoms in total. The van der Waals surface area contributed by atoms with Crippen LogP contribution in [0.1, 0.15) is 17.3 Å². The van der Waals surface area contributed by atoms with Gasteiger partial charge in [0.05, 0.1) is 5.75 Å².